The van der Waals surface area contributed by atoms with Crippen LogP contribution in [0, 0.1) is 0 Å². The number of ether oxygens (including phenoxy) is 1. The molecule has 0 aliphatic rings. The van der Waals surface area contributed by atoms with Crippen molar-refractivity contribution in [3.05, 3.63) is 54.4 Å². The third-order valence-electron chi connectivity index (χ3n) is 3.00. The van der Waals surface area contributed by atoms with Gasteiger partial charge < -0.3 is 10.1 Å². The van der Waals surface area contributed by atoms with Gasteiger partial charge in [-0.1, -0.05) is 30.3 Å². The maximum absolute atomic E-state index is 12.0. The molecule has 0 saturated heterocycles. The summed E-state index contributed by atoms with van der Waals surface area (Å²) in [7, 11) is 1.30. The van der Waals surface area contributed by atoms with Gasteiger partial charge in [0.2, 0.25) is 5.91 Å². The second-order valence-electron chi connectivity index (χ2n) is 4.45. The highest BCUT2D eigenvalue weighted by Crippen LogP contribution is 2.14. The Kier molecular flexibility index (Phi) is 5.09. The highest BCUT2D eigenvalue weighted by atomic mass is 16.5. The van der Waals surface area contributed by atoms with E-state index in [0.717, 1.165) is 0 Å². The molecule has 1 heterocycles. The van der Waals surface area contributed by atoms with Crippen molar-refractivity contribution in [1.29, 1.82) is 0 Å². The molecule has 0 spiro atoms. The monoisotopic (exact) mass is 287 g/mol. The second-order valence-corrected chi connectivity index (χ2v) is 4.45. The van der Waals surface area contributed by atoms with Crippen LogP contribution in [-0.2, 0) is 20.9 Å². The number of amides is 1. The number of hydrogen-bond acceptors (Lipinski definition) is 4. The minimum absolute atomic E-state index is 0.232. The molecule has 0 bridgehead atoms. The minimum atomic E-state index is -0.790. The van der Waals surface area contributed by atoms with Gasteiger partial charge >= 0.3 is 5.97 Å². The predicted molar refractivity (Wildman–Crippen MR) is 76.2 cm³/mol. The zero-order valence-electron chi connectivity index (χ0n) is 11.7. The van der Waals surface area contributed by atoms with Crippen LogP contribution in [0.15, 0.2) is 48.8 Å². The van der Waals surface area contributed by atoms with E-state index >= 15 is 0 Å². The molecule has 1 aromatic heterocycles. The van der Waals surface area contributed by atoms with Crippen LogP contribution in [0.25, 0.3) is 0 Å². The van der Waals surface area contributed by atoms with Crippen LogP contribution < -0.4 is 5.32 Å². The molecule has 1 aromatic carbocycles. The fraction of sp³-hybridized carbons (Fsp3) is 0.267. The van der Waals surface area contributed by atoms with Gasteiger partial charge in [-0.25, -0.2) is 4.79 Å². The SMILES string of the molecule is COC(=O)C(NC(=O)CCn1cccn1)c1ccccc1. The lowest BCUT2D eigenvalue weighted by molar-refractivity contribution is -0.145. The Labute approximate surface area is 122 Å². The number of carbonyl (C=O) groups excluding carboxylic acids is 2. The lowest BCUT2D eigenvalue weighted by Crippen LogP contribution is -2.34. The number of rotatable bonds is 6. The Morgan fingerprint density at radius 1 is 1.29 bits per heavy atom. The summed E-state index contributed by atoms with van der Waals surface area (Å²) >= 11 is 0. The highest BCUT2D eigenvalue weighted by molar-refractivity contribution is 5.85. The van der Waals surface area contributed by atoms with E-state index in [1.165, 1.54) is 7.11 Å². The molecule has 1 N–H and O–H groups in total. The summed E-state index contributed by atoms with van der Waals surface area (Å²) in [6, 6.07) is 10.0. The normalized spacial score (nSPS) is 11.7. The van der Waals surface area contributed by atoms with Gasteiger partial charge in [0.05, 0.1) is 7.11 Å². The standard InChI is InChI=1S/C15H17N3O3/c1-21-15(20)14(12-6-3-2-4-7-12)17-13(19)8-11-18-10-5-9-16-18/h2-7,9-10,14H,8,11H2,1H3,(H,17,19). The summed E-state index contributed by atoms with van der Waals surface area (Å²) in [5.41, 5.74) is 0.691. The molecule has 6 heteroatoms. The fourth-order valence-corrected chi connectivity index (χ4v) is 1.92. The lowest BCUT2D eigenvalue weighted by atomic mass is 10.1. The Morgan fingerprint density at radius 3 is 2.67 bits per heavy atom. The van der Waals surface area contributed by atoms with E-state index < -0.39 is 12.0 Å². The molecule has 1 atom stereocenters. The minimum Gasteiger partial charge on any atom is -0.467 e. The zero-order valence-corrected chi connectivity index (χ0v) is 11.7. The number of aryl methyl sites for hydroxylation is 1. The molecule has 1 amide bonds. The molecule has 110 valence electrons. The summed E-state index contributed by atoms with van der Waals surface area (Å²) in [5.74, 6) is -0.724. The average Bonchev–Trinajstić information content (AvgIpc) is 3.04. The Morgan fingerprint density at radius 2 is 2.05 bits per heavy atom. The first-order valence-corrected chi connectivity index (χ1v) is 6.60. The van der Waals surface area contributed by atoms with E-state index in [2.05, 4.69) is 10.4 Å². The average molecular weight is 287 g/mol. The third-order valence-corrected chi connectivity index (χ3v) is 3.00. The van der Waals surface area contributed by atoms with Gasteiger partial charge in [-0.15, -0.1) is 0 Å². The van der Waals surface area contributed by atoms with E-state index in [1.807, 2.05) is 6.07 Å². The van der Waals surface area contributed by atoms with E-state index in [4.69, 9.17) is 4.74 Å². The predicted octanol–water partition coefficient (Wildman–Crippen LogP) is 1.30. The van der Waals surface area contributed by atoms with Crippen molar-refractivity contribution in [1.82, 2.24) is 15.1 Å². The number of hydrogen-bond donors (Lipinski definition) is 1. The van der Waals surface area contributed by atoms with Gasteiger partial charge in [-0.2, -0.15) is 5.10 Å². The number of nitrogens with zero attached hydrogens (tertiary/aromatic N) is 2. The van der Waals surface area contributed by atoms with Crippen molar-refractivity contribution in [2.75, 3.05) is 7.11 Å². The smallest absolute Gasteiger partial charge is 0.333 e. The van der Waals surface area contributed by atoms with Crippen LogP contribution in [0.1, 0.15) is 18.0 Å². The van der Waals surface area contributed by atoms with Crippen LogP contribution in [-0.4, -0.2) is 28.8 Å². The summed E-state index contributed by atoms with van der Waals surface area (Å²) < 4.78 is 6.41. The molecule has 6 nitrogen and oxygen atoms in total. The molecule has 0 aliphatic heterocycles. The van der Waals surface area contributed by atoms with E-state index in [-0.39, 0.29) is 12.3 Å². The molecular formula is C15H17N3O3. The van der Waals surface area contributed by atoms with Gasteiger partial charge in [0.15, 0.2) is 6.04 Å². The van der Waals surface area contributed by atoms with Gasteiger partial charge in [-0.3, -0.25) is 9.48 Å². The number of carbonyl (C=O) groups is 2. The third kappa shape index (κ3) is 4.17. The first-order valence-electron chi connectivity index (χ1n) is 6.60. The molecule has 0 aliphatic carbocycles. The summed E-state index contributed by atoms with van der Waals surface area (Å²) in [4.78, 5) is 23.8. The van der Waals surface area contributed by atoms with E-state index in [1.54, 1.807) is 47.4 Å². The molecule has 1 unspecified atom stereocenters. The number of methoxy groups -OCH3 is 1. The van der Waals surface area contributed by atoms with Crippen molar-refractivity contribution in [3.63, 3.8) is 0 Å². The van der Waals surface area contributed by atoms with Gasteiger partial charge in [0, 0.05) is 25.4 Å². The maximum atomic E-state index is 12.0. The topological polar surface area (TPSA) is 73.2 Å². The van der Waals surface area contributed by atoms with E-state index in [9.17, 15) is 9.59 Å². The molecule has 0 fully saturated rings. The van der Waals surface area contributed by atoms with Crippen molar-refractivity contribution in [2.24, 2.45) is 0 Å². The largest absolute Gasteiger partial charge is 0.467 e. The number of aromatic nitrogens is 2. The molecule has 0 radical (unpaired) electrons. The van der Waals surface area contributed by atoms with Crippen LogP contribution in [0.5, 0.6) is 0 Å². The van der Waals surface area contributed by atoms with Crippen molar-refractivity contribution in [3.8, 4) is 0 Å². The van der Waals surface area contributed by atoms with E-state index in [0.29, 0.717) is 12.1 Å². The van der Waals surface area contributed by atoms with Crippen LogP contribution in [0.2, 0.25) is 0 Å². The Balaban J connectivity index is 1.98. The van der Waals surface area contributed by atoms with Crippen LogP contribution in [0.4, 0.5) is 0 Å². The van der Waals surface area contributed by atoms with Crippen LogP contribution >= 0.6 is 0 Å². The quantitative estimate of drug-likeness (QED) is 0.813. The molecule has 2 rings (SSSR count). The summed E-state index contributed by atoms with van der Waals surface area (Å²) in [6.07, 6.45) is 3.67. The Hall–Kier alpha value is -2.63. The second kappa shape index (κ2) is 7.23. The highest BCUT2D eigenvalue weighted by Gasteiger charge is 2.23. The van der Waals surface area contributed by atoms with Gasteiger partial charge in [0.1, 0.15) is 0 Å². The number of nitrogens with one attached hydrogen (secondary N) is 1. The molecular weight excluding hydrogens is 270 g/mol. The van der Waals surface area contributed by atoms with Gasteiger partial charge in [0.25, 0.3) is 0 Å². The molecule has 0 saturated carbocycles. The fourth-order valence-electron chi connectivity index (χ4n) is 1.92. The lowest BCUT2D eigenvalue weighted by Gasteiger charge is -2.16. The van der Waals surface area contributed by atoms with Crippen LogP contribution in [0.3, 0.4) is 0 Å². The molecule has 2 aromatic rings. The van der Waals surface area contributed by atoms with Crippen molar-refractivity contribution < 1.29 is 14.3 Å². The number of esters is 1. The Bertz CT molecular complexity index is 581. The first-order chi connectivity index (χ1) is 10.2. The molecule has 21 heavy (non-hydrogen) atoms. The summed E-state index contributed by atoms with van der Waals surface area (Å²) in [5, 5.41) is 6.71. The number of benzene rings is 1. The van der Waals surface area contributed by atoms with Crippen molar-refractivity contribution >= 4 is 11.9 Å². The van der Waals surface area contributed by atoms with Crippen molar-refractivity contribution in [2.45, 2.75) is 19.0 Å². The zero-order chi connectivity index (χ0) is 15.1. The first kappa shape index (κ1) is 14.8. The van der Waals surface area contributed by atoms with Gasteiger partial charge in [-0.05, 0) is 11.6 Å². The summed E-state index contributed by atoms with van der Waals surface area (Å²) in [6.45, 7) is 0.460. The maximum Gasteiger partial charge on any atom is 0.333 e.